The number of carbonyl (C=O) groups is 1. The van der Waals surface area contributed by atoms with Gasteiger partial charge in [-0.25, -0.2) is 0 Å². The predicted octanol–water partition coefficient (Wildman–Crippen LogP) is 2.68. The van der Waals surface area contributed by atoms with Gasteiger partial charge in [0.2, 0.25) is 5.91 Å². The van der Waals surface area contributed by atoms with Gasteiger partial charge in [-0.05, 0) is 31.1 Å². The molecule has 1 N–H and O–H groups in total. The van der Waals surface area contributed by atoms with Crippen molar-refractivity contribution in [1.29, 1.82) is 0 Å². The Balaban J connectivity index is 1.99. The van der Waals surface area contributed by atoms with Crippen LogP contribution in [0.3, 0.4) is 0 Å². The van der Waals surface area contributed by atoms with Gasteiger partial charge in [-0.15, -0.1) is 0 Å². The summed E-state index contributed by atoms with van der Waals surface area (Å²) in [6, 6.07) is 0. The van der Waals surface area contributed by atoms with E-state index in [0.717, 1.165) is 25.9 Å². The molecule has 2 rings (SSSR count). The summed E-state index contributed by atoms with van der Waals surface area (Å²) in [6.45, 7) is 6.39. The SMILES string of the molecule is CCC(C)C1CCCCC1C(=O)N1CCC(CO)C1. The van der Waals surface area contributed by atoms with Crippen molar-refractivity contribution in [2.45, 2.75) is 52.4 Å². The third-order valence-electron chi connectivity index (χ3n) is 5.37. The van der Waals surface area contributed by atoms with E-state index >= 15 is 0 Å². The predicted molar refractivity (Wildman–Crippen MR) is 76.7 cm³/mol. The van der Waals surface area contributed by atoms with Crippen LogP contribution in [0.4, 0.5) is 0 Å². The number of amides is 1. The molecule has 1 saturated carbocycles. The Morgan fingerprint density at radius 1 is 1.32 bits per heavy atom. The van der Waals surface area contributed by atoms with Crippen LogP contribution in [-0.2, 0) is 4.79 Å². The normalized spacial score (nSPS) is 33.4. The Kier molecular flexibility index (Phi) is 5.26. The number of hydrogen-bond donors (Lipinski definition) is 1. The van der Waals surface area contributed by atoms with Crippen LogP contribution in [0.15, 0.2) is 0 Å². The number of rotatable bonds is 4. The molecule has 0 aromatic rings. The van der Waals surface area contributed by atoms with Crippen LogP contribution in [0.1, 0.15) is 52.4 Å². The molecule has 3 nitrogen and oxygen atoms in total. The van der Waals surface area contributed by atoms with Gasteiger partial charge in [-0.3, -0.25) is 4.79 Å². The molecule has 0 bridgehead atoms. The second-order valence-corrected chi connectivity index (χ2v) is 6.56. The fourth-order valence-corrected chi connectivity index (χ4v) is 3.87. The van der Waals surface area contributed by atoms with Crippen molar-refractivity contribution in [2.24, 2.45) is 23.7 Å². The standard InChI is InChI=1S/C16H29NO2/c1-3-12(2)14-6-4-5-7-15(14)16(19)17-9-8-13(10-17)11-18/h12-15,18H,3-11H2,1-2H3. The first kappa shape index (κ1) is 14.8. The molecule has 110 valence electrons. The molecule has 19 heavy (non-hydrogen) atoms. The van der Waals surface area contributed by atoms with Crippen molar-refractivity contribution >= 4 is 5.91 Å². The summed E-state index contributed by atoms with van der Waals surface area (Å²) in [5, 5.41) is 9.22. The lowest BCUT2D eigenvalue weighted by atomic mass is 9.71. The maximum atomic E-state index is 12.7. The van der Waals surface area contributed by atoms with Gasteiger partial charge in [0, 0.05) is 31.5 Å². The van der Waals surface area contributed by atoms with Crippen LogP contribution in [0.5, 0.6) is 0 Å². The Morgan fingerprint density at radius 3 is 2.68 bits per heavy atom. The second-order valence-electron chi connectivity index (χ2n) is 6.56. The zero-order valence-electron chi connectivity index (χ0n) is 12.5. The Labute approximate surface area is 117 Å². The van der Waals surface area contributed by atoms with E-state index < -0.39 is 0 Å². The van der Waals surface area contributed by atoms with Gasteiger partial charge in [0.05, 0.1) is 0 Å². The van der Waals surface area contributed by atoms with E-state index in [9.17, 15) is 9.90 Å². The van der Waals surface area contributed by atoms with Crippen LogP contribution < -0.4 is 0 Å². The maximum Gasteiger partial charge on any atom is 0.225 e. The van der Waals surface area contributed by atoms with Gasteiger partial charge in [0.25, 0.3) is 0 Å². The first-order valence-electron chi connectivity index (χ1n) is 8.07. The van der Waals surface area contributed by atoms with Crippen LogP contribution >= 0.6 is 0 Å². The summed E-state index contributed by atoms with van der Waals surface area (Å²) in [6.07, 6.45) is 6.95. The molecule has 0 radical (unpaired) electrons. The number of likely N-dealkylation sites (tertiary alicyclic amines) is 1. The summed E-state index contributed by atoms with van der Waals surface area (Å²) < 4.78 is 0. The van der Waals surface area contributed by atoms with Gasteiger partial charge in [0.1, 0.15) is 0 Å². The van der Waals surface area contributed by atoms with Crippen molar-refractivity contribution in [1.82, 2.24) is 4.90 Å². The zero-order chi connectivity index (χ0) is 13.8. The Hall–Kier alpha value is -0.570. The van der Waals surface area contributed by atoms with E-state index in [1.807, 2.05) is 4.90 Å². The third-order valence-corrected chi connectivity index (χ3v) is 5.37. The monoisotopic (exact) mass is 267 g/mol. The highest BCUT2D eigenvalue weighted by atomic mass is 16.3. The molecule has 2 aliphatic rings. The average molecular weight is 267 g/mol. The van der Waals surface area contributed by atoms with Gasteiger partial charge in [0.15, 0.2) is 0 Å². The summed E-state index contributed by atoms with van der Waals surface area (Å²) >= 11 is 0. The van der Waals surface area contributed by atoms with Gasteiger partial charge < -0.3 is 10.0 Å². The number of aliphatic hydroxyl groups excluding tert-OH is 1. The van der Waals surface area contributed by atoms with Crippen LogP contribution in [-0.4, -0.2) is 35.6 Å². The highest BCUT2D eigenvalue weighted by molar-refractivity contribution is 5.79. The van der Waals surface area contributed by atoms with E-state index in [1.165, 1.54) is 25.7 Å². The number of aliphatic hydroxyl groups is 1. The lowest BCUT2D eigenvalue weighted by Gasteiger charge is -2.36. The van der Waals surface area contributed by atoms with E-state index in [1.54, 1.807) is 0 Å². The fourth-order valence-electron chi connectivity index (χ4n) is 3.87. The molecule has 4 unspecified atom stereocenters. The van der Waals surface area contributed by atoms with Gasteiger partial charge in [-0.2, -0.15) is 0 Å². The second kappa shape index (κ2) is 6.74. The van der Waals surface area contributed by atoms with Crippen LogP contribution in [0.25, 0.3) is 0 Å². The molecular formula is C16H29NO2. The largest absolute Gasteiger partial charge is 0.396 e. The molecular weight excluding hydrogens is 238 g/mol. The molecule has 1 aliphatic heterocycles. The van der Waals surface area contributed by atoms with Crippen LogP contribution in [0.2, 0.25) is 0 Å². The highest BCUT2D eigenvalue weighted by Crippen LogP contribution is 2.38. The minimum atomic E-state index is 0.225. The van der Waals surface area contributed by atoms with Gasteiger partial charge >= 0.3 is 0 Å². The minimum Gasteiger partial charge on any atom is -0.396 e. The average Bonchev–Trinajstić information content (AvgIpc) is 2.94. The molecule has 0 spiro atoms. The van der Waals surface area contributed by atoms with Gasteiger partial charge in [-0.1, -0.05) is 33.1 Å². The van der Waals surface area contributed by atoms with Crippen molar-refractivity contribution < 1.29 is 9.90 Å². The van der Waals surface area contributed by atoms with Crippen molar-refractivity contribution in [2.75, 3.05) is 19.7 Å². The van der Waals surface area contributed by atoms with E-state index in [2.05, 4.69) is 13.8 Å². The minimum absolute atomic E-state index is 0.225. The topological polar surface area (TPSA) is 40.5 Å². The van der Waals surface area contributed by atoms with E-state index in [0.29, 0.717) is 23.7 Å². The molecule has 0 aromatic carbocycles. The molecule has 2 fully saturated rings. The molecule has 3 heteroatoms. The summed E-state index contributed by atoms with van der Waals surface area (Å²) in [7, 11) is 0. The lowest BCUT2D eigenvalue weighted by Crippen LogP contribution is -2.41. The Bertz CT molecular complexity index is 305. The molecule has 1 saturated heterocycles. The first-order valence-corrected chi connectivity index (χ1v) is 8.07. The molecule has 4 atom stereocenters. The quantitative estimate of drug-likeness (QED) is 0.850. The highest BCUT2D eigenvalue weighted by Gasteiger charge is 2.37. The fraction of sp³-hybridized carbons (Fsp3) is 0.938. The Morgan fingerprint density at radius 2 is 2.05 bits per heavy atom. The number of nitrogens with zero attached hydrogens (tertiary/aromatic N) is 1. The zero-order valence-corrected chi connectivity index (χ0v) is 12.5. The lowest BCUT2D eigenvalue weighted by molar-refractivity contribution is -0.138. The third kappa shape index (κ3) is 3.31. The first-order chi connectivity index (χ1) is 9.17. The molecule has 0 aromatic heterocycles. The molecule has 1 aliphatic carbocycles. The maximum absolute atomic E-state index is 12.7. The number of hydrogen-bond acceptors (Lipinski definition) is 2. The summed E-state index contributed by atoms with van der Waals surface area (Å²) in [4.78, 5) is 14.8. The van der Waals surface area contributed by atoms with Crippen molar-refractivity contribution in [3.05, 3.63) is 0 Å². The summed E-state index contributed by atoms with van der Waals surface area (Å²) in [5.74, 6) is 2.18. The molecule has 1 amide bonds. The smallest absolute Gasteiger partial charge is 0.225 e. The van der Waals surface area contributed by atoms with Crippen LogP contribution in [0, 0.1) is 23.7 Å². The number of carbonyl (C=O) groups excluding carboxylic acids is 1. The van der Waals surface area contributed by atoms with E-state index in [-0.39, 0.29) is 12.5 Å². The van der Waals surface area contributed by atoms with E-state index in [4.69, 9.17) is 0 Å². The van der Waals surface area contributed by atoms with Crippen molar-refractivity contribution in [3.63, 3.8) is 0 Å². The summed E-state index contributed by atoms with van der Waals surface area (Å²) in [5.41, 5.74) is 0. The molecule has 1 heterocycles. The van der Waals surface area contributed by atoms with Crippen molar-refractivity contribution in [3.8, 4) is 0 Å².